The summed E-state index contributed by atoms with van der Waals surface area (Å²) in [5, 5.41) is 7.79. The fourth-order valence-corrected chi connectivity index (χ4v) is 3.27. The molecule has 0 aromatic heterocycles. The number of carbonyl (C=O) groups is 1. The van der Waals surface area contributed by atoms with E-state index in [1.54, 1.807) is 0 Å². The van der Waals surface area contributed by atoms with Gasteiger partial charge in [-0.2, -0.15) is 0 Å². The van der Waals surface area contributed by atoms with E-state index in [2.05, 4.69) is 12.2 Å². The molecule has 128 valence electrons. The lowest BCUT2D eigenvalue weighted by Crippen LogP contribution is -2.16. The first-order valence-corrected chi connectivity index (χ1v) is 9.46. The van der Waals surface area contributed by atoms with Crippen molar-refractivity contribution in [1.29, 1.82) is 0 Å². The number of nitrogens with one attached hydrogen (secondary N) is 1. The second-order valence-corrected chi connectivity index (χ2v) is 7.38. The van der Waals surface area contributed by atoms with Crippen molar-refractivity contribution in [3.8, 4) is 0 Å². The van der Waals surface area contributed by atoms with E-state index in [1.807, 2.05) is 24.3 Å². The molecule has 0 fully saturated rings. The van der Waals surface area contributed by atoms with E-state index in [9.17, 15) is 13.2 Å². The quantitative estimate of drug-likeness (QED) is 0.818. The molecule has 24 heavy (non-hydrogen) atoms. The minimum atomic E-state index is -3.99. The SMILES string of the molecule is CCCCc1ccc(NC(=O)c2ccc(Cl)c(S(N)(=O)=O)c2)cc1. The van der Waals surface area contributed by atoms with E-state index in [0.29, 0.717) is 5.69 Å². The second kappa shape index (κ2) is 7.79. The number of aryl methyl sites for hydroxylation is 1. The van der Waals surface area contributed by atoms with Gasteiger partial charge in [0.1, 0.15) is 4.90 Å². The van der Waals surface area contributed by atoms with Crippen molar-refractivity contribution < 1.29 is 13.2 Å². The van der Waals surface area contributed by atoms with Crippen LogP contribution in [0.4, 0.5) is 5.69 Å². The molecular formula is C17H19ClN2O3S. The zero-order valence-electron chi connectivity index (χ0n) is 13.3. The van der Waals surface area contributed by atoms with E-state index >= 15 is 0 Å². The molecule has 2 aromatic rings. The Balaban J connectivity index is 2.15. The summed E-state index contributed by atoms with van der Waals surface area (Å²) in [6.45, 7) is 2.14. The van der Waals surface area contributed by atoms with Gasteiger partial charge in [-0.05, 0) is 48.7 Å². The third-order valence-corrected chi connectivity index (χ3v) is 4.92. The molecule has 0 unspecified atom stereocenters. The number of nitrogens with two attached hydrogens (primary N) is 1. The number of unbranched alkanes of at least 4 members (excludes halogenated alkanes) is 1. The van der Waals surface area contributed by atoms with Crippen LogP contribution in [0.3, 0.4) is 0 Å². The number of hydrogen-bond donors (Lipinski definition) is 2. The van der Waals surface area contributed by atoms with E-state index in [4.69, 9.17) is 16.7 Å². The van der Waals surface area contributed by atoms with Crippen LogP contribution in [-0.2, 0) is 16.4 Å². The Morgan fingerprint density at radius 2 is 1.83 bits per heavy atom. The van der Waals surface area contributed by atoms with E-state index < -0.39 is 15.9 Å². The zero-order chi connectivity index (χ0) is 17.7. The van der Waals surface area contributed by atoms with Crippen LogP contribution in [0, 0.1) is 0 Å². The van der Waals surface area contributed by atoms with Crippen LogP contribution in [0.15, 0.2) is 47.4 Å². The summed E-state index contributed by atoms with van der Waals surface area (Å²) >= 11 is 5.81. The molecule has 7 heteroatoms. The Morgan fingerprint density at radius 3 is 2.42 bits per heavy atom. The summed E-state index contributed by atoms with van der Waals surface area (Å²) in [6.07, 6.45) is 3.24. The number of primary sulfonamides is 1. The first kappa shape index (κ1) is 18.4. The zero-order valence-corrected chi connectivity index (χ0v) is 14.8. The number of hydrogen-bond acceptors (Lipinski definition) is 3. The Bertz CT molecular complexity index is 833. The normalized spacial score (nSPS) is 11.3. The largest absolute Gasteiger partial charge is 0.322 e. The predicted molar refractivity (Wildman–Crippen MR) is 95.8 cm³/mol. The molecule has 0 radical (unpaired) electrons. The van der Waals surface area contributed by atoms with E-state index in [1.165, 1.54) is 23.8 Å². The molecule has 3 N–H and O–H groups in total. The lowest BCUT2D eigenvalue weighted by atomic mass is 10.1. The highest BCUT2D eigenvalue weighted by molar-refractivity contribution is 7.89. The Kier molecular flexibility index (Phi) is 5.99. The van der Waals surface area contributed by atoms with Crippen molar-refractivity contribution in [3.63, 3.8) is 0 Å². The molecule has 2 aromatic carbocycles. The van der Waals surface area contributed by atoms with Gasteiger partial charge in [0.05, 0.1) is 5.02 Å². The molecule has 0 spiro atoms. The molecule has 0 saturated carbocycles. The van der Waals surface area contributed by atoms with Crippen molar-refractivity contribution in [2.24, 2.45) is 5.14 Å². The van der Waals surface area contributed by atoms with Crippen LogP contribution in [0.5, 0.6) is 0 Å². The van der Waals surface area contributed by atoms with Crippen LogP contribution < -0.4 is 10.5 Å². The van der Waals surface area contributed by atoms with Gasteiger partial charge in [0, 0.05) is 11.3 Å². The van der Waals surface area contributed by atoms with Gasteiger partial charge < -0.3 is 5.32 Å². The van der Waals surface area contributed by atoms with Crippen LogP contribution in [0.2, 0.25) is 5.02 Å². The topological polar surface area (TPSA) is 89.3 Å². The average molecular weight is 367 g/mol. The average Bonchev–Trinajstić information content (AvgIpc) is 2.53. The molecule has 0 aliphatic rings. The molecular weight excluding hydrogens is 348 g/mol. The Labute approximate surface area is 146 Å². The second-order valence-electron chi connectivity index (χ2n) is 5.44. The van der Waals surface area contributed by atoms with Crippen molar-refractivity contribution >= 4 is 33.2 Å². The number of carbonyl (C=O) groups excluding carboxylic acids is 1. The highest BCUT2D eigenvalue weighted by atomic mass is 35.5. The molecule has 2 rings (SSSR count). The fourth-order valence-electron chi connectivity index (χ4n) is 2.20. The summed E-state index contributed by atoms with van der Waals surface area (Å²) in [5.41, 5.74) is 2.00. The van der Waals surface area contributed by atoms with Gasteiger partial charge in [-0.3, -0.25) is 4.79 Å². The number of halogens is 1. The number of benzene rings is 2. The van der Waals surface area contributed by atoms with Crippen LogP contribution >= 0.6 is 11.6 Å². The summed E-state index contributed by atoms with van der Waals surface area (Å²) in [6, 6.07) is 11.5. The third kappa shape index (κ3) is 4.80. The van der Waals surface area contributed by atoms with Crippen molar-refractivity contribution in [1.82, 2.24) is 0 Å². The maximum absolute atomic E-state index is 12.3. The number of sulfonamides is 1. The molecule has 0 atom stereocenters. The summed E-state index contributed by atoms with van der Waals surface area (Å²) in [5.74, 6) is -0.433. The minimum absolute atomic E-state index is 0.0191. The minimum Gasteiger partial charge on any atom is -0.322 e. The summed E-state index contributed by atoms with van der Waals surface area (Å²) in [7, 11) is -3.99. The molecule has 5 nitrogen and oxygen atoms in total. The van der Waals surface area contributed by atoms with Gasteiger partial charge in [-0.1, -0.05) is 37.1 Å². The van der Waals surface area contributed by atoms with Gasteiger partial charge in [0.2, 0.25) is 10.0 Å². The highest BCUT2D eigenvalue weighted by Gasteiger charge is 2.16. The highest BCUT2D eigenvalue weighted by Crippen LogP contribution is 2.22. The van der Waals surface area contributed by atoms with Gasteiger partial charge in [-0.15, -0.1) is 0 Å². The maximum Gasteiger partial charge on any atom is 0.255 e. The first-order valence-electron chi connectivity index (χ1n) is 7.54. The molecule has 0 saturated heterocycles. The predicted octanol–water partition coefficient (Wildman–Crippen LogP) is 3.58. The Hall–Kier alpha value is -1.89. The number of amides is 1. The lowest BCUT2D eigenvalue weighted by Gasteiger charge is -2.08. The molecule has 0 heterocycles. The van der Waals surface area contributed by atoms with E-state index in [-0.39, 0.29) is 15.5 Å². The van der Waals surface area contributed by atoms with Crippen molar-refractivity contribution in [3.05, 3.63) is 58.6 Å². The van der Waals surface area contributed by atoms with Crippen LogP contribution in [0.25, 0.3) is 0 Å². The van der Waals surface area contributed by atoms with Gasteiger partial charge in [0.25, 0.3) is 5.91 Å². The van der Waals surface area contributed by atoms with Gasteiger partial charge >= 0.3 is 0 Å². The third-order valence-electron chi connectivity index (χ3n) is 3.53. The van der Waals surface area contributed by atoms with E-state index in [0.717, 1.165) is 19.3 Å². The molecule has 0 aliphatic heterocycles. The molecule has 0 aliphatic carbocycles. The summed E-state index contributed by atoms with van der Waals surface area (Å²) in [4.78, 5) is 12.0. The number of anilines is 1. The standard InChI is InChI=1S/C17H19ClN2O3S/c1-2-3-4-12-5-8-14(9-6-12)20-17(21)13-7-10-15(18)16(11-13)24(19,22)23/h5-11H,2-4H2,1H3,(H,20,21)(H2,19,22,23). The van der Waals surface area contributed by atoms with Crippen molar-refractivity contribution in [2.75, 3.05) is 5.32 Å². The molecule has 0 bridgehead atoms. The fraction of sp³-hybridized carbons (Fsp3) is 0.235. The maximum atomic E-state index is 12.3. The lowest BCUT2D eigenvalue weighted by molar-refractivity contribution is 0.102. The van der Waals surface area contributed by atoms with Gasteiger partial charge in [-0.25, -0.2) is 13.6 Å². The van der Waals surface area contributed by atoms with Crippen LogP contribution in [0.1, 0.15) is 35.7 Å². The van der Waals surface area contributed by atoms with Crippen molar-refractivity contribution in [2.45, 2.75) is 31.1 Å². The Morgan fingerprint density at radius 1 is 1.17 bits per heavy atom. The smallest absolute Gasteiger partial charge is 0.255 e. The summed E-state index contributed by atoms with van der Waals surface area (Å²) < 4.78 is 22.9. The monoisotopic (exact) mass is 366 g/mol. The van der Waals surface area contributed by atoms with Crippen LogP contribution in [-0.4, -0.2) is 14.3 Å². The first-order chi connectivity index (χ1) is 11.3. The molecule has 1 amide bonds. The van der Waals surface area contributed by atoms with Gasteiger partial charge in [0.15, 0.2) is 0 Å². The number of rotatable bonds is 6.